The lowest BCUT2D eigenvalue weighted by Crippen LogP contribution is -2.30. The summed E-state index contributed by atoms with van der Waals surface area (Å²) < 4.78 is 10.8. The Hall–Kier alpha value is -1.88. The second-order valence-corrected chi connectivity index (χ2v) is 9.73. The molecule has 0 amide bonds. The molecule has 0 bridgehead atoms. The van der Waals surface area contributed by atoms with Crippen LogP contribution < -0.4 is 4.74 Å². The molecule has 0 saturated heterocycles. The highest BCUT2D eigenvalue weighted by atomic mass is 16.6. The minimum Gasteiger partial charge on any atom is -0.482 e. The van der Waals surface area contributed by atoms with Gasteiger partial charge in [-0.15, -0.1) is 0 Å². The lowest BCUT2D eigenvalue weighted by molar-refractivity contribution is -0.145. The Morgan fingerprint density at radius 1 is 1.19 bits per heavy atom. The summed E-state index contributed by atoms with van der Waals surface area (Å²) in [7, 11) is 0. The van der Waals surface area contributed by atoms with Gasteiger partial charge in [-0.05, 0) is 74.0 Å². The predicted octanol–water partition coefficient (Wildman–Crippen LogP) is 4.27. The first-order valence-electron chi connectivity index (χ1n) is 12.1. The lowest BCUT2D eigenvalue weighted by Gasteiger charge is -2.33. The molecule has 5 atom stereocenters. The number of ketones is 1. The fraction of sp³-hybridized carbons (Fsp3) is 0.692. The van der Waals surface area contributed by atoms with Gasteiger partial charge in [0.05, 0.1) is 12.7 Å². The Kier molecular flexibility index (Phi) is 6.71. The van der Waals surface area contributed by atoms with E-state index < -0.39 is 0 Å². The number of carbonyl (C=O) groups is 2. The molecule has 3 unspecified atom stereocenters. The molecule has 5 heteroatoms. The standard InChI is InChI=1S/C26H36O5/c1-3-5-6-9-20(27)14-19-15-26(19)22-12-17-8-7-10-23(31-16-25(29)30-4-2)21(17)11-18(22)13-24(26)28/h7-8,10,18-19,22,24,28H,3-6,9,11-16H2,1-2H3/t18-,19?,22?,24+,26?/m0/s1. The Morgan fingerprint density at radius 2 is 2.03 bits per heavy atom. The summed E-state index contributed by atoms with van der Waals surface area (Å²) in [5, 5.41) is 11.0. The van der Waals surface area contributed by atoms with Crippen molar-refractivity contribution in [3.05, 3.63) is 29.3 Å². The van der Waals surface area contributed by atoms with Gasteiger partial charge in [0, 0.05) is 18.3 Å². The summed E-state index contributed by atoms with van der Waals surface area (Å²) in [6.07, 6.45) is 7.85. The molecule has 1 N–H and O–H groups in total. The molecule has 1 spiro atoms. The molecule has 1 aromatic rings. The molecule has 3 aliphatic carbocycles. The molecule has 0 aromatic heterocycles. The van der Waals surface area contributed by atoms with E-state index in [1.165, 1.54) is 11.1 Å². The van der Waals surface area contributed by atoms with Crippen LogP contribution in [-0.4, -0.2) is 36.2 Å². The van der Waals surface area contributed by atoms with Crippen LogP contribution in [0.15, 0.2) is 18.2 Å². The van der Waals surface area contributed by atoms with Crippen molar-refractivity contribution in [3.8, 4) is 5.75 Å². The highest BCUT2D eigenvalue weighted by molar-refractivity contribution is 5.79. The summed E-state index contributed by atoms with van der Waals surface area (Å²) in [5.74, 6) is 1.97. The lowest BCUT2D eigenvalue weighted by atomic mass is 9.72. The summed E-state index contributed by atoms with van der Waals surface area (Å²) in [6.45, 7) is 4.21. The number of ether oxygens (including phenoxy) is 2. The quantitative estimate of drug-likeness (QED) is 0.445. The number of rotatable bonds is 10. The summed E-state index contributed by atoms with van der Waals surface area (Å²) in [5.41, 5.74) is 2.37. The zero-order valence-corrected chi connectivity index (χ0v) is 18.9. The number of aliphatic hydroxyl groups is 1. The summed E-state index contributed by atoms with van der Waals surface area (Å²) in [4.78, 5) is 24.2. The van der Waals surface area contributed by atoms with Gasteiger partial charge in [0.15, 0.2) is 6.61 Å². The van der Waals surface area contributed by atoms with Crippen LogP contribution in [0.5, 0.6) is 5.75 Å². The third-order valence-electron chi connectivity index (χ3n) is 7.93. The van der Waals surface area contributed by atoms with Gasteiger partial charge < -0.3 is 14.6 Å². The smallest absolute Gasteiger partial charge is 0.344 e. The number of esters is 1. The molecule has 5 nitrogen and oxygen atoms in total. The molecule has 2 saturated carbocycles. The Bertz CT molecular complexity index is 818. The summed E-state index contributed by atoms with van der Waals surface area (Å²) >= 11 is 0. The maximum Gasteiger partial charge on any atom is 0.344 e. The number of benzene rings is 1. The van der Waals surface area contributed by atoms with Crippen molar-refractivity contribution in [2.24, 2.45) is 23.2 Å². The Balaban J connectivity index is 1.43. The monoisotopic (exact) mass is 428 g/mol. The highest BCUT2D eigenvalue weighted by Crippen LogP contribution is 2.70. The Morgan fingerprint density at radius 3 is 2.81 bits per heavy atom. The zero-order chi connectivity index (χ0) is 22.0. The highest BCUT2D eigenvalue weighted by Gasteiger charge is 2.68. The number of hydrogen-bond donors (Lipinski definition) is 1. The molecule has 170 valence electrons. The maximum absolute atomic E-state index is 12.5. The van der Waals surface area contributed by atoms with Crippen LogP contribution in [0.4, 0.5) is 0 Å². The van der Waals surface area contributed by atoms with E-state index >= 15 is 0 Å². The van der Waals surface area contributed by atoms with Gasteiger partial charge in [0.2, 0.25) is 0 Å². The fourth-order valence-corrected chi connectivity index (χ4v) is 6.39. The molecule has 0 radical (unpaired) electrons. The average Bonchev–Trinajstić information content (AvgIpc) is 3.39. The summed E-state index contributed by atoms with van der Waals surface area (Å²) in [6, 6.07) is 6.06. The SMILES string of the molecule is CCCCCC(=O)CC1CC12C1Cc3cccc(OCC(=O)OCC)c3C[C@H]1C[C@H]2O. The number of unbranched alkanes of at least 4 members (excludes halogenated alkanes) is 2. The van der Waals surface area contributed by atoms with Gasteiger partial charge in [0.25, 0.3) is 0 Å². The first-order chi connectivity index (χ1) is 15.0. The second kappa shape index (κ2) is 9.32. The van der Waals surface area contributed by atoms with Gasteiger partial charge >= 0.3 is 5.97 Å². The van der Waals surface area contributed by atoms with Gasteiger partial charge in [-0.3, -0.25) is 4.79 Å². The van der Waals surface area contributed by atoms with E-state index in [-0.39, 0.29) is 24.1 Å². The average molecular weight is 429 g/mol. The van der Waals surface area contributed by atoms with E-state index in [9.17, 15) is 14.7 Å². The van der Waals surface area contributed by atoms with Crippen LogP contribution in [0.3, 0.4) is 0 Å². The van der Waals surface area contributed by atoms with Crippen molar-refractivity contribution in [1.82, 2.24) is 0 Å². The molecule has 0 aliphatic heterocycles. The Labute approximate surface area is 185 Å². The van der Waals surface area contributed by atoms with Crippen molar-refractivity contribution in [1.29, 1.82) is 0 Å². The van der Waals surface area contributed by atoms with Crippen LogP contribution in [0.25, 0.3) is 0 Å². The first-order valence-corrected chi connectivity index (χ1v) is 12.1. The van der Waals surface area contributed by atoms with Gasteiger partial charge in [0.1, 0.15) is 11.5 Å². The molecule has 31 heavy (non-hydrogen) atoms. The molecule has 0 heterocycles. The zero-order valence-electron chi connectivity index (χ0n) is 18.9. The van der Waals surface area contributed by atoms with Gasteiger partial charge in [-0.1, -0.05) is 31.9 Å². The van der Waals surface area contributed by atoms with E-state index in [0.29, 0.717) is 43.0 Å². The molecule has 3 aliphatic rings. The van der Waals surface area contributed by atoms with Crippen LogP contribution in [0.2, 0.25) is 0 Å². The van der Waals surface area contributed by atoms with Crippen molar-refractivity contribution >= 4 is 11.8 Å². The molecule has 2 fully saturated rings. The van der Waals surface area contributed by atoms with Crippen LogP contribution in [-0.2, 0) is 27.2 Å². The minimum atomic E-state index is -0.353. The van der Waals surface area contributed by atoms with Crippen LogP contribution in [0, 0.1) is 23.2 Å². The van der Waals surface area contributed by atoms with Gasteiger partial charge in [-0.2, -0.15) is 0 Å². The molecular formula is C26H36O5. The van der Waals surface area contributed by atoms with Crippen molar-refractivity contribution < 1.29 is 24.2 Å². The number of carbonyl (C=O) groups excluding carboxylic acids is 2. The number of fused-ring (bicyclic) bond motifs is 3. The molecule has 1 aromatic carbocycles. The van der Waals surface area contributed by atoms with Crippen LogP contribution in [0.1, 0.15) is 69.9 Å². The van der Waals surface area contributed by atoms with E-state index in [4.69, 9.17) is 9.47 Å². The van der Waals surface area contributed by atoms with E-state index in [1.807, 2.05) is 12.1 Å². The largest absolute Gasteiger partial charge is 0.482 e. The third kappa shape index (κ3) is 4.39. The number of Topliss-reactive ketones (excluding diaryl/α,β-unsaturated/α-hetero) is 1. The fourth-order valence-electron chi connectivity index (χ4n) is 6.39. The van der Waals surface area contributed by atoms with Crippen molar-refractivity contribution in [3.63, 3.8) is 0 Å². The minimum absolute atomic E-state index is 0.0649. The predicted molar refractivity (Wildman–Crippen MR) is 118 cm³/mol. The molecule has 4 rings (SSSR count). The van der Waals surface area contributed by atoms with Crippen LogP contribution >= 0.6 is 0 Å². The maximum atomic E-state index is 12.5. The van der Waals surface area contributed by atoms with E-state index in [0.717, 1.165) is 50.7 Å². The topological polar surface area (TPSA) is 72.8 Å². The number of hydrogen-bond acceptors (Lipinski definition) is 5. The third-order valence-corrected chi connectivity index (χ3v) is 7.93. The van der Waals surface area contributed by atoms with E-state index in [1.54, 1.807) is 6.92 Å². The normalized spacial score (nSPS) is 30.5. The first kappa shape index (κ1) is 22.3. The van der Waals surface area contributed by atoms with E-state index in [2.05, 4.69) is 13.0 Å². The number of aliphatic hydroxyl groups excluding tert-OH is 1. The molecular weight excluding hydrogens is 392 g/mol. The van der Waals surface area contributed by atoms with Crippen molar-refractivity contribution in [2.75, 3.05) is 13.2 Å². The second-order valence-electron chi connectivity index (χ2n) is 9.73. The van der Waals surface area contributed by atoms with Gasteiger partial charge in [-0.25, -0.2) is 4.79 Å². The van der Waals surface area contributed by atoms with Crippen molar-refractivity contribution in [2.45, 2.75) is 77.7 Å².